The third-order valence-electron chi connectivity index (χ3n) is 2.95. The summed E-state index contributed by atoms with van der Waals surface area (Å²) in [6, 6.07) is 6.36. The number of nitrogens with zero attached hydrogens (tertiary/aromatic N) is 2. The van der Waals surface area contributed by atoms with Crippen LogP contribution < -0.4 is 10.9 Å². The number of benzene rings is 1. The Balaban J connectivity index is 2.18. The third kappa shape index (κ3) is 3.62. The van der Waals surface area contributed by atoms with Crippen molar-refractivity contribution in [2.45, 2.75) is 20.4 Å². The van der Waals surface area contributed by atoms with Crippen molar-refractivity contribution < 1.29 is 4.79 Å². The molecule has 2 aromatic rings. The van der Waals surface area contributed by atoms with Crippen LogP contribution in [0, 0.1) is 13.8 Å². The number of hydrogen-bond donors (Lipinski definition) is 1. The van der Waals surface area contributed by atoms with Gasteiger partial charge in [0.2, 0.25) is 5.91 Å². The van der Waals surface area contributed by atoms with Gasteiger partial charge in [0.05, 0.1) is 21.4 Å². The first-order valence-electron chi connectivity index (χ1n) is 6.17. The van der Waals surface area contributed by atoms with Crippen molar-refractivity contribution in [3.05, 3.63) is 55.9 Å². The van der Waals surface area contributed by atoms with Crippen LogP contribution in [0.4, 0.5) is 5.69 Å². The van der Waals surface area contributed by atoms with E-state index in [-0.39, 0.29) is 17.1 Å². The van der Waals surface area contributed by atoms with Crippen LogP contribution >= 0.6 is 23.2 Å². The molecule has 0 unspecified atom stereocenters. The fraction of sp³-hybridized carbons (Fsp3) is 0.214. The predicted octanol–water partition coefficient (Wildman–Crippen LogP) is 2.81. The first-order valence-corrected chi connectivity index (χ1v) is 6.93. The van der Waals surface area contributed by atoms with Gasteiger partial charge in [0.25, 0.3) is 5.56 Å². The molecule has 0 saturated carbocycles. The first-order chi connectivity index (χ1) is 9.88. The highest BCUT2D eigenvalue weighted by Crippen LogP contribution is 2.29. The van der Waals surface area contributed by atoms with E-state index in [0.29, 0.717) is 16.4 Å². The van der Waals surface area contributed by atoms with Crippen LogP contribution in [-0.4, -0.2) is 15.7 Å². The minimum absolute atomic E-state index is 0.192. The fourth-order valence-corrected chi connectivity index (χ4v) is 2.06. The van der Waals surface area contributed by atoms with Gasteiger partial charge in [-0.25, -0.2) is 4.68 Å². The zero-order chi connectivity index (χ0) is 15.6. The van der Waals surface area contributed by atoms with Crippen molar-refractivity contribution in [2.24, 2.45) is 0 Å². The highest BCUT2D eigenvalue weighted by Gasteiger charge is 2.11. The van der Waals surface area contributed by atoms with Gasteiger partial charge in [-0.3, -0.25) is 9.59 Å². The van der Waals surface area contributed by atoms with Crippen LogP contribution in [0.25, 0.3) is 0 Å². The molecule has 1 aromatic carbocycles. The van der Waals surface area contributed by atoms with Gasteiger partial charge in [-0.15, -0.1) is 0 Å². The second-order valence-electron chi connectivity index (χ2n) is 4.56. The molecular formula is C14H13Cl2N3O2. The average molecular weight is 326 g/mol. The molecule has 0 saturated heterocycles. The minimum atomic E-state index is -0.406. The van der Waals surface area contributed by atoms with Gasteiger partial charge in [-0.05, 0) is 31.5 Å². The summed E-state index contributed by atoms with van der Waals surface area (Å²) in [7, 11) is 0. The maximum atomic E-state index is 12.0. The van der Waals surface area contributed by atoms with Gasteiger partial charge >= 0.3 is 0 Å². The average Bonchev–Trinajstić information content (AvgIpc) is 2.41. The molecule has 0 aliphatic heterocycles. The topological polar surface area (TPSA) is 64.0 Å². The van der Waals surface area contributed by atoms with Crippen molar-refractivity contribution in [2.75, 3.05) is 5.32 Å². The number of carbonyl (C=O) groups is 1. The van der Waals surface area contributed by atoms with E-state index in [1.54, 1.807) is 32.0 Å². The third-order valence-corrected chi connectivity index (χ3v) is 3.77. The van der Waals surface area contributed by atoms with Crippen molar-refractivity contribution in [1.82, 2.24) is 9.78 Å². The molecule has 1 aromatic heterocycles. The maximum Gasteiger partial charge on any atom is 0.267 e. The van der Waals surface area contributed by atoms with Crippen LogP contribution in [0.15, 0.2) is 29.1 Å². The molecular weight excluding hydrogens is 313 g/mol. The van der Waals surface area contributed by atoms with Crippen LogP contribution in [0.1, 0.15) is 11.3 Å². The molecule has 0 aliphatic carbocycles. The highest BCUT2D eigenvalue weighted by molar-refractivity contribution is 6.43. The molecule has 2 rings (SSSR count). The van der Waals surface area contributed by atoms with E-state index in [1.807, 2.05) is 0 Å². The largest absolute Gasteiger partial charge is 0.323 e. The molecule has 1 N–H and O–H groups in total. The van der Waals surface area contributed by atoms with E-state index in [0.717, 1.165) is 10.2 Å². The van der Waals surface area contributed by atoms with Gasteiger partial charge in [0.15, 0.2) is 0 Å². The molecule has 1 heterocycles. The van der Waals surface area contributed by atoms with Crippen molar-refractivity contribution in [3.8, 4) is 0 Å². The zero-order valence-electron chi connectivity index (χ0n) is 11.5. The lowest BCUT2D eigenvalue weighted by Gasteiger charge is -2.10. The molecule has 0 atom stereocenters. The Hall–Kier alpha value is -1.85. The van der Waals surface area contributed by atoms with E-state index < -0.39 is 5.91 Å². The number of aromatic nitrogens is 2. The smallest absolute Gasteiger partial charge is 0.267 e. The number of nitrogens with one attached hydrogen (secondary N) is 1. The van der Waals surface area contributed by atoms with E-state index in [4.69, 9.17) is 23.2 Å². The Kier molecular flexibility index (Phi) is 4.65. The number of amides is 1. The SMILES string of the molecule is Cc1cc(=O)n(CC(=O)Nc2cccc(Cl)c2Cl)nc1C. The van der Waals surface area contributed by atoms with Gasteiger partial charge in [0, 0.05) is 6.07 Å². The van der Waals surface area contributed by atoms with Crippen LogP contribution in [0.3, 0.4) is 0 Å². The summed E-state index contributed by atoms with van der Waals surface area (Å²) in [6.45, 7) is 3.37. The van der Waals surface area contributed by atoms with Crippen molar-refractivity contribution in [1.29, 1.82) is 0 Å². The number of carbonyl (C=O) groups excluding carboxylic acids is 1. The maximum absolute atomic E-state index is 12.0. The molecule has 110 valence electrons. The Labute approximate surface area is 131 Å². The van der Waals surface area contributed by atoms with Gasteiger partial charge < -0.3 is 5.32 Å². The number of rotatable bonds is 3. The number of halogens is 2. The molecule has 7 heteroatoms. The van der Waals surface area contributed by atoms with E-state index >= 15 is 0 Å². The van der Waals surface area contributed by atoms with Crippen molar-refractivity contribution in [3.63, 3.8) is 0 Å². The summed E-state index contributed by atoms with van der Waals surface area (Å²) in [5.41, 5.74) is 1.55. The van der Waals surface area contributed by atoms with E-state index in [2.05, 4.69) is 10.4 Å². The quantitative estimate of drug-likeness (QED) is 0.943. The summed E-state index contributed by atoms with van der Waals surface area (Å²) >= 11 is 11.9. The summed E-state index contributed by atoms with van der Waals surface area (Å²) in [5.74, 6) is -0.406. The first kappa shape index (κ1) is 15.5. The van der Waals surface area contributed by atoms with Crippen LogP contribution in [0.5, 0.6) is 0 Å². The van der Waals surface area contributed by atoms with Crippen LogP contribution in [-0.2, 0) is 11.3 Å². The highest BCUT2D eigenvalue weighted by atomic mass is 35.5. The Morgan fingerprint density at radius 2 is 2.05 bits per heavy atom. The second-order valence-corrected chi connectivity index (χ2v) is 5.34. The number of anilines is 1. The molecule has 5 nitrogen and oxygen atoms in total. The van der Waals surface area contributed by atoms with E-state index in [9.17, 15) is 9.59 Å². The van der Waals surface area contributed by atoms with E-state index in [1.165, 1.54) is 6.07 Å². The zero-order valence-corrected chi connectivity index (χ0v) is 13.0. The predicted molar refractivity (Wildman–Crippen MR) is 83.1 cm³/mol. The number of aryl methyl sites for hydroxylation is 2. The summed E-state index contributed by atoms with van der Waals surface area (Å²) < 4.78 is 1.11. The Morgan fingerprint density at radius 1 is 1.33 bits per heavy atom. The normalized spacial score (nSPS) is 10.5. The lowest BCUT2D eigenvalue weighted by Crippen LogP contribution is -2.30. The summed E-state index contributed by atoms with van der Waals surface area (Å²) in [6.07, 6.45) is 0. The molecule has 0 aliphatic rings. The number of hydrogen-bond acceptors (Lipinski definition) is 3. The second kappa shape index (κ2) is 6.28. The monoisotopic (exact) mass is 325 g/mol. The van der Waals surface area contributed by atoms with Gasteiger partial charge in [0.1, 0.15) is 6.54 Å². The lowest BCUT2D eigenvalue weighted by atomic mass is 10.2. The van der Waals surface area contributed by atoms with Crippen molar-refractivity contribution >= 4 is 34.8 Å². The Morgan fingerprint density at radius 3 is 2.76 bits per heavy atom. The Bertz CT molecular complexity index is 756. The van der Waals surface area contributed by atoms with Crippen LogP contribution in [0.2, 0.25) is 10.0 Å². The van der Waals surface area contributed by atoms with Gasteiger partial charge in [-0.1, -0.05) is 29.3 Å². The molecule has 0 spiro atoms. The minimum Gasteiger partial charge on any atom is -0.323 e. The lowest BCUT2D eigenvalue weighted by molar-refractivity contribution is -0.117. The van der Waals surface area contributed by atoms with Gasteiger partial charge in [-0.2, -0.15) is 5.10 Å². The summed E-state index contributed by atoms with van der Waals surface area (Å²) in [5, 5.41) is 7.28. The molecule has 0 bridgehead atoms. The summed E-state index contributed by atoms with van der Waals surface area (Å²) in [4.78, 5) is 23.8. The molecule has 21 heavy (non-hydrogen) atoms. The molecule has 1 amide bonds. The molecule has 0 fully saturated rings. The standard InChI is InChI=1S/C14H13Cl2N3O2/c1-8-6-13(21)19(18-9(8)2)7-12(20)17-11-5-3-4-10(15)14(11)16/h3-6H,7H2,1-2H3,(H,17,20). The fourth-order valence-electron chi connectivity index (χ4n) is 1.71. The molecule has 0 radical (unpaired) electrons.